The lowest BCUT2D eigenvalue weighted by Gasteiger charge is -2.18. The molecule has 17 heavy (non-hydrogen) atoms. The van der Waals surface area contributed by atoms with Gasteiger partial charge in [-0.05, 0) is 30.7 Å². The molecule has 1 aromatic carbocycles. The molecule has 2 rings (SSSR count). The predicted octanol–water partition coefficient (Wildman–Crippen LogP) is 3.36. The van der Waals surface area contributed by atoms with Crippen LogP contribution in [0.2, 0.25) is 0 Å². The second-order valence-corrected chi connectivity index (χ2v) is 5.80. The standard InChI is InChI=1S/C15H23NO/c1-15(2)9-8-13(10-15)16-11-12-6-4-5-7-14(12)17-3/h4-7,13,16H,8-11H2,1-3H3. The van der Waals surface area contributed by atoms with E-state index >= 15 is 0 Å². The fraction of sp³-hybridized carbons (Fsp3) is 0.600. The van der Waals surface area contributed by atoms with Gasteiger partial charge in [0, 0.05) is 18.2 Å². The van der Waals surface area contributed by atoms with Crippen molar-refractivity contribution in [2.24, 2.45) is 5.41 Å². The van der Waals surface area contributed by atoms with Gasteiger partial charge in [-0.2, -0.15) is 0 Å². The van der Waals surface area contributed by atoms with Crippen LogP contribution in [0, 0.1) is 5.41 Å². The minimum absolute atomic E-state index is 0.512. The first-order valence-corrected chi connectivity index (χ1v) is 6.46. The summed E-state index contributed by atoms with van der Waals surface area (Å²) in [7, 11) is 1.73. The Hall–Kier alpha value is -1.02. The summed E-state index contributed by atoms with van der Waals surface area (Å²) in [5.41, 5.74) is 1.76. The molecule has 1 atom stereocenters. The van der Waals surface area contributed by atoms with Crippen LogP contribution in [0.3, 0.4) is 0 Å². The number of rotatable bonds is 4. The highest BCUT2D eigenvalue weighted by Gasteiger charge is 2.30. The number of nitrogens with one attached hydrogen (secondary N) is 1. The number of para-hydroxylation sites is 1. The molecular formula is C15H23NO. The van der Waals surface area contributed by atoms with Crippen LogP contribution in [0.4, 0.5) is 0 Å². The molecule has 1 saturated carbocycles. The molecule has 0 saturated heterocycles. The summed E-state index contributed by atoms with van der Waals surface area (Å²) in [4.78, 5) is 0. The number of hydrogen-bond acceptors (Lipinski definition) is 2. The Morgan fingerprint density at radius 1 is 1.35 bits per heavy atom. The summed E-state index contributed by atoms with van der Waals surface area (Å²) in [6.07, 6.45) is 3.90. The van der Waals surface area contributed by atoms with Crippen LogP contribution < -0.4 is 10.1 Å². The molecule has 1 N–H and O–H groups in total. The normalized spacial score (nSPS) is 22.6. The zero-order valence-corrected chi connectivity index (χ0v) is 11.1. The lowest BCUT2D eigenvalue weighted by Crippen LogP contribution is -2.27. The molecule has 1 fully saturated rings. The van der Waals surface area contributed by atoms with Gasteiger partial charge in [-0.3, -0.25) is 0 Å². The molecule has 0 heterocycles. The lowest BCUT2D eigenvalue weighted by atomic mass is 9.92. The van der Waals surface area contributed by atoms with E-state index in [-0.39, 0.29) is 0 Å². The lowest BCUT2D eigenvalue weighted by molar-refractivity contribution is 0.362. The molecule has 0 aromatic heterocycles. The number of methoxy groups -OCH3 is 1. The molecular weight excluding hydrogens is 210 g/mol. The molecule has 0 bridgehead atoms. The zero-order chi connectivity index (χ0) is 12.3. The van der Waals surface area contributed by atoms with Crippen molar-refractivity contribution < 1.29 is 4.74 Å². The van der Waals surface area contributed by atoms with Crippen molar-refractivity contribution in [3.05, 3.63) is 29.8 Å². The van der Waals surface area contributed by atoms with Gasteiger partial charge in [0.1, 0.15) is 5.75 Å². The zero-order valence-electron chi connectivity index (χ0n) is 11.1. The van der Waals surface area contributed by atoms with Gasteiger partial charge in [0.05, 0.1) is 7.11 Å². The van der Waals surface area contributed by atoms with Gasteiger partial charge in [0.25, 0.3) is 0 Å². The van der Waals surface area contributed by atoms with Crippen LogP contribution in [0.25, 0.3) is 0 Å². The van der Waals surface area contributed by atoms with E-state index < -0.39 is 0 Å². The second kappa shape index (κ2) is 5.09. The van der Waals surface area contributed by atoms with Gasteiger partial charge in [-0.1, -0.05) is 32.0 Å². The van der Waals surface area contributed by atoms with Crippen molar-refractivity contribution >= 4 is 0 Å². The van der Waals surface area contributed by atoms with Crippen LogP contribution in [0.15, 0.2) is 24.3 Å². The summed E-state index contributed by atoms with van der Waals surface area (Å²) in [6, 6.07) is 8.90. The van der Waals surface area contributed by atoms with Gasteiger partial charge in [-0.15, -0.1) is 0 Å². The molecule has 1 aliphatic rings. The van der Waals surface area contributed by atoms with Crippen LogP contribution in [-0.4, -0.2) is 13.2 Å². The van der Waals surface area contributed by atoms with Crippen molar-refractivity contribution in [1.29, 1.82) is 0 Å². The topological polar surface area (TPSA) is 21.3 Å². The average molecular weight is 233 g/mol. The first-order valence-electron chi connectivity index (χ1n) is 6.46. The maximum absolute atomic E-state index is 5.36. The summed E-state index contributed by atoms with van der Waals surface area (Å²) >= 11 is 0. The van der Waals surface area contributed by atoms with E-state index in [4.69, 9.17) is 4.74 Å². The van der Waals surface area contributed by atoms with Crippen molar-refractivity contribution in [3.63, 3.8) is 0 Å². The minimum atomic E-state index is 0.512. The van der Waals surface area contributed by atoms with Crippen LogP contribution in [0.5, 0.6) is 5.75 Å². The molecule has 94 valence electrons. The molecule has 1 aromatic rings. The molecule has 0 spiro atoms. The average Bonchev–Trinajstić information content (AvgIpc) is 2.67. The summed E-state index contributed by atoms with van der Waals surface area (Å²) < 4.78 is 5.36. The van der Waals surface area contributed by atoms with Crippen LogP contribution >= 0.6 is 0 Å². The Morgan fingerprint density at radius 2 is 2.12 bits per heavy atom. The highest BCUT2D eigenvalue weighted by atomic mass is 16.5. The molecule has 1 aliphatic carbocycles. The maximum Gasteiger partial charge on any atom is 0.123 e. The number of hydrogen-bond donors (Lipinski definition) is 1. The summed E-state index contributed by atoms with van der Waals surface area (Å²) in [5.74, 6) is 0.984. The molecule has 2 heteroatoms. The first-order chi connectivity index (χ1) is 8.11. The largest absolute Gasteiger partial charge is 0.496 e. The number of benzene rings is 1. The predicted molar refractivity (Wildman–Crippen MR) is 71.3 cm³/mol. The van der Waals surface area contributed by atoms with E-state index in [1.54, 1.807) is 7.11 Å². The quantitative estimate of drug-likeness (QED) is 0.861. The van der Waals surface area contributed by atoms with Crippen LogP contribution in [-0.2, 0) is 6.54 Å². The summed E-state index contributed by atoms with van der Waals surface area (Å²) in [5, 5.41) is 3.65. The highest BCUT2D eigenvalue weighted by Crippen LogP contribution is 2.37. The minimum Gasteiger partial charge on any atom is -0.496 e. The van der Waals surface area contributed by atoms with Crippen molar-refractivity contribution in [3.8, 4) is 5.75 Å². The third kappa shape index (κ3) is 3.22. The van der Waals surface area contributed by atoms with Gasteiger partial charge in [0.15, 0.2) is 0 Å². The second-order valence-electron chi connectivity index (χ2n) is 5.80. The Labute approximate surface area is 104 Å². The Balaban J connectivity index is 1.90. The first kappa shape index (κ1) is 12.4. The molecule has 1 unspecified atom stereocenters. The van der Waals surface area contributed by atoms with E-state index in [9.17, 15) is 0 Å². The van der Waals surface area contributed by atoms with E-state index in [0.29, 0.717) is 11.5 Å². The molecule has 0 radical (unpaired) electrons. The van der Waals surface area contributed by atoms with E-state index in [1.165, 1.54) is 24.8 Å². The van der Waals surface area contributed by atoms with E-state index in [1.807, 2.05) is 12.1 Å². The van der Waals surface area contributed by atoms with E-state index in [0.717, 1.165) is 12.3 Å². The van der Waals surface area contributed by atoms with Crippen molar-refractivity contribution in [2.75, 3.05) is 7.11 Å². The smallest absolute Gasteiger partial charge is 0.123 e. The van der Waals surface area contributed by atoms with E-state index in [2.05, 4.69) is 31.3 Å². The third-order valence-electron chi connectivity index (χ3n) is 3.74. The Morgan fingerprint density at radius 3 is 2.76 bits per heavy atom. The van der Waals surface area contributed by atoms with Crippen molar-refractivity contribution in [2.45, 2.75) is 45.7 Å². The molecule has 0 amide bonds. The Bertz CT molecular complexity index is 373. The van der Waals surface area contributed by atoms with Gasteiger partial charge < -0.3 is 10.1 Å². The third-order valence-corrected chi connectivity index (χ3v) is 3.74. The maximum atomic E-state index is 5.36. The fourth-order valence-electron chi connectivity index (χ4n) is 2.71. The molecule has 2 nitrogen and oxygen atoms in total. The van der Waals surface area contributed by atoms with Gasteiger partial charge in [0.2, 0.25) is 0 Å². The van der Waals surface area contributed by atoms with Crippen molar-refractivity contribution in [1.82, 2.24) is 5.32 Å². The van der Waals surface area contributed by atoms with Gasteiger partial charge >= 0.3 is 0 Å². The Kier molecular flexibility index (Phi) is 3.72. The monoisotopic (exact) mass is 233 g/mol. The number of ether oxygens (including phenoxy) is 1. The van der Waals surface area contributed by atoms with Crippen LogP contribution in [0.1, 0.15) is 38.7 Å². The fourth-order valence-corrected chi connectivity index (χ4v) is 2.71. The van der Waals surface area contributed by atoms with Gasteiger partial charge in [-0.25, -0.2) is 0 Å². The molecule has 0 aliphatic heterocycles. The SMILES string of the molecule is COc1ccccc1CNC1CCC(C)(C)C1. The summed E-state index contributed by atoms with van der Waals surface area (Å²) in [6.45, 7) is 5.63. The highest BCUT2D eigenvalue weighted by molar-refractivity contribution is 5.33.